The van der Waals surface area contributed by atoms with Crippen molar-refractivity contribution in [1.82, 2.24) is 9.88 Å². The van der Waals surface area contributed by atoms with E-state index in [2.05, 4.69) is 4.98 Å². The number of ether oxygens (including phenoxy) is 1. The van der Waals surface area contributed by atoms with Crippen molar-refractivity contribution in [2.45, 2.75) is 46.4 Å². The van der Waals surface area contributed by atoms with Crippen LogP contribution in [0.3, 0.4) is 0 Å². The minimum atomic E-state index is -0.715. The molecule has 0 aliphatic carbocycles. The molecule has 1 saturated heterocycles. The summed E-state index contributed by atoms with van der Waals surface area (Å²) < 4.78 is 5.80. The normalized spacial score (nSPS) is 17.4. The third-order valence-corrected chi connectivity index (χ3v) is 5.91. The van der Waals surface area contributed by atoms with Crippen molar-refractivity contribution in [2.75, 3.05) is 0 Å². The van der Waals surface area contributed by atoms with Crippen molar-refractivity contribution in [1.29, 1.82) is 0 Å². The molecule has 1 aliphatic rings. The highest BCUT2D eigenvalue weighted by Crippen LogP contribution is 2.41. The summed E-state index contributed by atoms with van der Waals surface area (Å²) in [6.07, 6.45) is 3.34. The maximum Gasteiger partial charge on any atom is 0.295 e. The third kappa shape index (κ3) is 4.44. The van der Waals surface area contributed by atoms with Crippen LogP contribution >= 0.6 is 0 Å². The Hall–Kier alpha value is -3.93. The van der Waals surface area contributed by atoms with Gasteiger partial charge in [0.05, 0.1) is 17.7 Å². The number of hydrogen-bond acceptors (Lipinski definition) is 5. The minimum Gasteiger partial charge on any atom is -0.507 e. The first kappa shape index (κ1) is 23.2. The van der Waals surface area contributed by atoms with E-state index in [1.807, 2.05) is 58.0 Å². The number of benzene rings is 2. The fourth-order valence-corrected chi connectivity index (χ4v) is 4.29. The number of amides is 1. The number of likely N-dealkylation sites (tertiary alicyclic amines) is 1. The Bertz CT molecular complexity index is 1260. The van der Waals surface area contributed by atoms with Crippen LogP contribution < -0.4 is 4.74 Å². The average Bonchev–Trinajstić information content (AvgIpc) is 3.05. The van der Waals surface area contributed by atoms with Crippen molar-refractivity contribution in [3.63, 3.8) is 0 Å². The molecule has 1 N–H and O–H groups in total. The van der Waals surface area contributed by atoms with Crippen molar-refractivity contribution in [3.8, 4) is 5.75 Å². The maximum atomic E-state index is 13.3. The topological polar surface area (TPSA) is 79.7 Å². The number of pyridine rings is 1. The fourth-order valence-electron chi connectivity index (χ4n) is 4.29. The number of aliphatic hydroxyl groups excluding tert-OH is 1. The van der Waals surface area contributed by atoms with E-state index in [4.69, 9.17) is 4.74 Å². The molecule has 4 rings (SSSR count). The molecule has 1 aromatic heterocycles. The second kappa shape index (κ2) is 9.51. The molecule has 0 spiro atoms. The third-order valence-electron chi connectivity index (χ3n) is 5.91. The van der Waals surface area contributed by atoms with Crippen LogP contribution in [-0.4, -0.2) is 32.8 Å². The van der Waals surface area contributed by atoms with Gasteiger partial charge in [0, 0.05) is 24.5 Å². The van der Waals surface area contributed by atoms with Gasteiger partial charge in [-0.25, -0.2) is 0 Å². The summed E-state index contributed by atoms with van der Waals surface area (Å²) >= 11 is 0. The molecule has 1 amide bonds. The van der Waals surface area contributed by atoms with E-state index in [1.165, 1.54) is 4.90 Å². The lowest BCUT2D eigenvalue weighted by Crippen LogP contribution is -2.29. The van der Waals surface area contributed by atoms with E-state index in [0.717, 1.165) is 22.3 Å². The Morgan fingerprint density at radius 3 is 2.47 bits per heavy atom. The Balaban J connectivity index is 1.85. The number of rotatable bonds is 6. The van der Waals surface area contributed by atoms with Crippen LogP contribution in [0, 0.1) is 13.8 Å². The quantitative estimate of drug-likeness (QED) is 0.317. The van der Waals surface area contributed by atoms with Gasteiger partial charge in [-0.2, -0.15) is 0 Å². The first-order chi connectivity index (χ1) is 16.3. The highest BCUT2D eigenvalue weighted by molar-refractivity contribution is 6.46. The molecule has 0 bridgehead atoms. The monoisotopic (exact) mass is 456 g/mol. The van der Waals surface area contributed by atoms with Crippen LogP contribution in [0.25, 0.3) is 5.76 Å². The van der Waals surface area contributed by atoms with Gasteiger partial charge in [-0.3, -0.25) is 14.6 Å². The standard InChI is InChI=1S/C28H28N2O4/c1-17(2)34-23-12-11-21(14-19(23)4)26(31)24-25(22-10-6-5-8-18(22)3)30(28(33)27(24)32)16-20-9-7-13-29-15-20/h5-15,17,25,31H,16H2,1-4H3/b26-24+. The summed E-state index contributed by atoms with van der Waals surface area (Å²) in [6.45, 7) is 7.91. The molecule has 1 unspecified atom stereocenters. The molecule has 1 atom stereocenters. The van der Waals surface area contributed by atoms with Crippen LogP contribution in [0.4, 0.5) is 0 Å². The van der Waals surface area contributed by atoms with Gasteiger partial charge in [-0.1, -0.05) is 30.3 Å². The molecule has 0 saturated carbocycles. The number of carbonyl (C=O) groups excluding carboxylic acids is 2. The number of ketones is 1. The van der Waals surface area contributed by atoms with Gasteiger partial charge < -0.3 is 14.7 Å². The van der Waals surface area contributed by atoms with Crippen LogP contribution in [0.1, 0.15) is 47.7 Å². The van der Waals surface area contributed by atoms with E-state index >= 15 is 0 Å². The van der Waals surface area contributed by atoms with Crippen molar-refractivity contribution in [3.05, 3.63) is 100 Å². The van der Waals surface area contributed by atoms with E-state index in [-0.39, 0.29) is 24.0 Å². The zero-order chi connectivity index (χ0) is 24.4. The van der Waals surface area contributed by atoms with Crippen LogP contribution in [0.5, 0.6) is 5.75 Å². The number of hydrogen-bond donors (Lipinski definition) is 1. The zero-order valence-corrected chi connectivity index (χ0v) is 19.8. The molecule has 1 fully saturated rings. The second-order valence-electron chi connectivity index (χ2n) is 8.79. The summed E-state index contributed by atoms with van der Waals surface area (Å²) in [5.74, 6) is -0.830. The van der Waals surface area contributed by atoms with E-state index in [9.17, 15) is 14.7 Å². The van der Waals surface area contributed by atoms with Gasteiger partial charge >= 0.3 is 0 Å². The number of carbonyl (C=O) groups is 2. The Labute approximate surface area is 199 Å². The predicted octanol–water partition coefficient (Wildman–Crippen LogP) is 5.11. The highest BCUT2D eigenvalue weighted by atomic mass is 16.5. The van der Waals surface area contributed by atoms with Gasteiger partial charge in [0.1, 0.15) is 11.5 Å². The molecule has 174 valence electrons. The minimum absolute atomic E-state index is 0.0111. The number of aromatic nitrogens is 1. The van der Waals surface area contributed by atoms with Gasteiger partial charge in [0.15, 0.2) is 0 Å². The van der Waals surface area contributed by atoms with E-state index in [0.29, 0.717) is 11.3 Å². The van der Waals surface area contributed by atoms with Gasteiger partial charge in [-0.15, -0.1) is 0 Å². The number of aryl methyl sites for hydroxylation is 2. The Morgan fingerprint density at radius 2 is 1.82 bits per heavy atom. The maximum absolute atomic E-state index is 13.3. The predicted molar refractivity (Wildman–Crippen MR) is 130 cm³/mol. The first-order valence-corrected chi connectivity index (χ1v) is 11.3. The number of Topliss-reactive ketones (excluding diaryl/α,β-unsaturated/α-hetero) is 1. The van der Waals surface area contributed by atoms with Crippen molar-refractivity contribution >= 4 is 17.4 Å². The average molecular weight is 457 g/mol. The largest absolute Gasteiger partial charge is 0.507 e. The van der Waals surface area contributed by atoms with Crippen LogP contribution in [0.2, 0.25) is 0 Å². The molecule has 6 nitrogen and oxygen atoms in total. The lowest BCUT2D eigenvalue weighted by molar-refractivity contribution is -0.140. The lowest BCUT2D eigenvalue weighted by Gasteiger charge is -2.26. The van der Waals surface area contributed by atoms with Crippen LogP contribution in [0.15, 0.2) is 72.6 Å². The smallest absolute Gasteiger partial charge is 0.295 e. The van der Waals surface area contributed by atoms with Gasteiger partial charge in [-0.05, 0) is 74.2 Å². The summed E-state index contributed by atoms with van der Waals surface area (Å²) in [6, 6.07) is 15.8. The molecule has 3 aromatic rings. The van der Waals surface area contributed by atoms with E-state index in [1.54, 1.807) is 36.7 Å². The molecule has 1 aliphatic heterocycles. The van der Waals surface area contributed by atoms with E-state index < -0.39 is 17.7 Å². The molecular weight excluding hydrogens is 428 g/mol. The second-order valence-corrected chi connectivity index (χ2v) is 8.79. The first-order valence-electron chi connectivity index (χ1n) is 11.3. The van der Waals surface area contributed by atoms with Gasteiger partial charge in [0.25, 0.3) is 11.7 Å². The molecule has 6 heteroatoms. The summed E-state index contributed by atoms with van der Waals surface area (Å²) in [5, 5.41) is 11.3. The molecule has 34 heavy (non-hydrogen) atoms. The number of nitrogens with zero attached hydrogens (tertiary/aromatic N) is 2. The van der Waals surface area contributed by atoms with Crippen LogP contribution in [-0.2, 0) is 16.1 Å². The zero-order valence-electron chi connectivity index (χ0n) is 19.8. The highest BCUT2D eigenvalue weighted by Gasteiger charge is 2.46. The molecular formula is C28H28N2O4. The Morgan fingerprint density at radius 1 is 1.06 bits per heavy atom. The van der Waals surface area contributed by atoms with Crippen molar-refractivity contribution < 1.29 is 19.4 Å². The molecule has 2 aromatic carbocycles. The lowest BCUT2D eigenvalue weighted by atomic mass is 9.92. The number of aliphatic hydroxyl groups is 1. The SMILES string of the molecule is Cc1cc(/C(O)=C2\C(=O)C(=O)N(Cc3cccnc3)C2c2ccccc2C)ccc1OC(C)C. The van der Waals surface area contributed by atoms with Crippen molar-refractivity contribution in [2.24, 2.45) is 0 Å². The molecule has 2 heterocycles. The summed E-state index contributed by atoms with van der Waals surface area (Å²) in [5.41, 5.74) is 3.90. The fraction of sp³-hybridized carbons (Fsp3) is 0.250. The van der Waals surface area contributed by atoms with Gasteiger partial charge in [0.2, 0.25) is 0 Å². The molecule has 0 radical (unpaired) electrons. The Kier molecular flexibility index (Phi) is 6.50. The summed E-state index contributed by atoms with van der Waals surface area (Å²) in [7, 11) is 0. The summed E-state index contributed by atoms with van der Waals surface area (Å²) in [4.78, 5) is 32.1.